The Kier molecular flexibility index (Phi) is 12.6. The van der Waals surface area contributed by atoms with Crippen molar-refractivity contribution in [1.82, 2.24) is 0 Å². The van der Waals surface area contributed by atoms with Crippen molar-refractivity contribution in [3.05, 3.63) is 0 Å². The van der Waals surface area contributed by atoms with Crippen LogP contribution in [0.25, 0.3) is 0 Å². The largest absolute Gasteiger partial charge is 0.288 e. The lowest BCUT2D eigenvalue weighted by atomic mass is 10.6. The predicted molar refractivity (Wildman–Crippen MR) is 121 cm³/mol. The molecule has 0 heterocycles. The minimum absolute atomic E-state index is 0.306. The molecule has 0 N–H and O–H groups in total. The molecule has 2 nitrogen and oxygen atoms in total. The minimum atomic E-state index is -2.50. The van der Waals surface area contributed by atoms with E-state index in [-0.39, 0.29) is 0 Å². The van der Waals surface area contributed by atoms with Crippen molar-refractivity contribution >= 4 is 75.8 Å². The third kappa shape index (κ3) is 12.0. The molecule has 0 aliphatic heterocycles. The van der Waals surface area contributed by atoms with Crippen LogP contribution in [0.5, 0.6) is 0 Å². The van der Waals surface area contributed by atoms with Crippen LogP contribution in [0.4, 0.5) is 0 Å². The van der Waals surface area contributed by atoms with Crippen molar-refractivity contribution in [3.8, 4) is 0 Å². The van der Waals surface area contributed by atoms with Gasteiger partial charge >= 0.3 is 0 Å². The lowest BCUT2D eigenvalue weighted by molar-refractivity contribution is 0.600. The average molecular weight is 459 g/mol. The lowest BCUT2D eigenvalue weighted by Gasteiger charge is -2.23. The first kappa shape index (κ1) is 24.6. The molecule has 0 amide bonds. The second-order valence-corrected chi connectivity index (χ2v) is 31.9. The van der Waals surface area contributed by atoms with Crippen molar-refractivity contribution in [1.29, 1.82) is 0 Å². The van der Waals surface area contributed by atoms with E-state index < -0.39 is 9.49 Å². The summed E-state index contributed by atoms with van der Waals surface area (Å²) in [7, 11) is 2.73. The van der Waals surface area contributed by atoms with Crippen molar-refractivity contribution < 1.29 is 9.13 Å². The highest BCUT2D eigenvalue weighted by molar-refractivity contribution is 9.41. The zero-order chi connectivity index (χ0) is 17.6. The van der Waals surface area contributed by atoms with Gasteiger partial charge in [-0.05, 0) is 0 Å². The highest BCUT2D eigenvalue weighted by Gasteiger charge is 2.35. The fourth-order valence-corrected chi connectivity index (χ4v) is 44.2. The van der Waals surface area contributed by atoms with E-state index in [0.29, 0.717) is 21.0 Å². The summed E-state index contributed by atoms with van der Waals surface area (Å²) in [5, 5.41) is 1.22. The van der Waals surface area contributed by atoms with Crippen molar-refractivity contribution in [2.45, 2.75) is 76.4 Å². The molecule has 0 aliphatic rings. The first-order valence-electron chi connectivity index (χ1n) is 7.19. The molecular formula is C12H28O2P2S6. The highest BCUT2D eigenvalue weighted by Crippen LogP contribution is 2.92. The molecule has 0 unspecified atom stereocenters. The van der Waals surface area contributed by atoms with E-state index in [9.17, 15) is 9.13 Å². The molecular weight excluding hydrogens is 430 g/mol. The fourth-order valence-electron chi connectivity index (χ4n) is 1.23. The molecule has 0 aromatic rings. The van der Waals surface area contributed by atoms with Gasteiger partial charge in [-0.25, -0.2) is 0 Å². The van der Waals surface area contributed by atoms with Gasteiger partial charge in [-0.2, -0.15) is 0 Å². The summed E-state index contributed by atoms with van der Waals surface area (Å²) in [6, 6.07) is 0. The molecule has 0 saturated heterocycles. The predicted octanol–water partition coefficient (Wildman–Crippen LogP) is 9.15. The quantitative estimate of drug-likeness (QED) is 0.224. The lowest BCUT2D eigenvalue weighted by Crippen LogP contribution is -1.89. The third-order valence-corrected chi connectivity index (χ3v) is 32.6. The van der Waals surface area contributed by atoms with Crippen LogP contribution in [0.3, 0.4) is 0 Å². The van der Waals surface area contributed by atoms with Gasteiger partial charge in [0.2, 0.25) is 0 Å². The molecule has 0 rings (SSSR count). The van der Waals surface area contributed by atoms with E-state index in [4.69, 9.17) is 0 Å². The van der Waals surface area contributed by atoms with E-state index in [1.165, 1.54) is 66.4 Å². The van der Waals surface area contributed by atoms with Gasteiger partial charge in [0.1, 0.15) is 0 Å². The normalized spacial score (nSPS) is 13.8. The summed E-state index contributed by atoms with van der Waals surface area (Å²) in [6.45, 7) is 16.5. The first-order valence-corrected chi connectivity index (χ1v) is 19.9. The number of rotatable bonds is 11. The van der Waals surface area contributed by atoms with Crippen LogP contribution in [0, 0.1) is 0 Å². The minimum Gasteiger partial charge on any atom is -0.288 e. The van der Waals surface area contributed by atoms with E-state index in [0.717, 1.165) is 0 Å². The Hall–Kier alpha value is 2.56. The monoisotopic (exact) mass is 458 g/mol. The summed E-state index contributed by atoms with van der Waals surface area (Å²) in [5.41, 5.74) is 0. The maximum Gasteiger partial charge on any atom is 0.254 e. The van der Waals surface area contributed by atoms with Gasteiger partial charge in [-0.1, -0.05) is 101 Å². The second-order valence-electron chi connectivity index (χ2n) is 5.66. The van der Waals surface area contributed by atoms with E-state index >= 15 is 0 Å². The molecule has 0 fully saturated rings. The standard InChI is InChI=1S/C12H28O2P2S6/c1-9(2)17-15(13,18-10(3)4)21-22-16(14,19-11(5)6)20-12(7)8/h9-12H,1-8H3. The van der Waals surface area contributed by atoms with Crippen LogP contribution in [0.1, 0.15) is 55.4 Å². The van der Waals surface area contributed by atoms with E-state index in [1.807, 2.05) is 0 Å². The smallest absolute Gasteiger partial charge is 0.254 e. The van der Waals surface area contributed by atoms with Crippen molar-refractivity contribution in [3.63, 3.8) is 0 Å². The molecule has 0 saturated carbocycles. The van der Waals surface area contributed by atoms with Crippen LogP contribution in [-0.2, 0) is 9.13 Å². The Morgan fingerprint density at radius 1 is 0.500 bits per heavy atom. The van der Waals surface area contributed by atoms with Gasteiger partial charge in [0, 0.05) is 41.8 Å². The van der Waals surface area contributed by atoms with Gasteiger partial charge in [-0.15, -0.1) is 0 Å². The number of hydrogen-bond acceptors (Lipinski definition) is 8. The fraction of sp³-hybridized carbons (Fsp3) is 1.00. The van der Waals surface area contributed by atoms with Gasteiger partial charge in [0.05, 0.1) is 0 Å². The molecule has 0 bridgehead atoms. The van der Waals surface area contributed by atoms with Gasteiger partial charge in [0.25, 0.3) is 9.49 Å². The van der Waals surface area contributed by atoms with Crippen LogP contribution in [0.15, 0.2) is 0 Å². The summed E-state index contributed by atoms with van der Waals surface area (Å²) >= 11 is 6.12. The van der Waals surface area contributed by atoms with Gasteiger partial charge in [-0.3, -0.25) is 9.13 Å². The van der Waals surface area contributed by atoms with Crippen LogP contribution in [-0.4, -0.2) is 21.0 Å². The summed E-state index contributed by atoms with van der Waals surface area (Å²) < 4.78 is 21.4. The molecule has 0 aliphatic carbocycles. The van der Waals surface area contributed by atoms with Crippen molar-refractivity contribution in [2.24, 2.45) is 0 Å². The summed E-state index contributed by atoms with van der Waals surface area (Å²) in [5.74, 6) is 0. The SMILES string of the molecule is CC(C)SP(=O)(SSP(=O)(SC(C)C)SC(C)C)SC(C)C. The molecule has 0 spiro atoms. The summed E-state index contributed by atoms with van der Waals surface area (Å²) in [4.78, 5) is 0. The highest BCUT2D eigenvalue weighted by atomic mass is 33.7. The third-order valence-electron chi connectivity index (χ3n) is 1.58. The molecule has 10 heteroatoms. The molecule has 0 radical (unpaired) electrons. The Morgan fingerprint density at radius 2 is 0.682 bits per heavy atom. The molecule has 0 aromatic heterocycles. The Labute approximate surface area is 160 Å². The maximum atomic E-state index is 13.2. The Morgan fingerprint density at radius 3 is 0.818 bits per heavy atom. The maximum absolute atomic E-state index is 13.2. The van der Waals surface area contributed by atoms with E-state index in [2.05, 4.69) is 55.4 Å². The second kappa shape index (κ2) is 11.3. The van der Waals surface area contributed by atoms with Crippen molar-refractivity contribution in [2.75, 3.05) is 0 Å². The van der Waals surface area contributed by atoms with E-state index in [1.54, 1.807) is 0 Å². The zero-order valence-corrected chi connectivity index (χ0v) is 21.2. The topological polar surface area (TPSA) is 34.1 Å². The van der Waals surface area contributed by atoms with Gasteiger partial charge in [0.15, 0.2) is 0 Å². The Bertz CT molecular complexity index is 348. The molecule has 22 heavy (non-hydrogen) atoms. The summed E-state index contributed by atoms with van der Waals surface area (Å²) in [6.07, 6.45) is 0. The number of hydrogen-bond donors (Lipinski definition) is 0. The Balaban J connectivity index is 5.02. The van der Waals surface area contributed by atoms with Crippen LogP contribution in [0.2, 0.25) is 0 Å². The average Bonchev–Trinajstić information content (AvgIpc) is 2.21. The molecule has 134 valence electrons. The zero-order valence-electron chi connectivity index (χ0n) is 14.5. The molecule has 0 atom stereocenters. The van der Waals surface area contributed by atoms with Gasteiger partial charge < -0.3 is 0 Å². The first-order chi connectivity index (χ1) is 9.87. The van der Waals surface area contributed by atoms with Crippen LogP contribution < -0.4 is 0 Å². The molecule has 0 aromatic carbocycles. The van der Waals surface area contributed by atoms with Crippen LogP contribution >= 0.6 is 75.8 Å².